The van der Waals surface area contributed by atoms with E-state index in [1.54, 1.807) is 6.92 Å². The van der Waals surface area contributed by atoms with Crippen LogP contribution in [0.25, 0.3) is 5.57 Å². The van der Waals surface area contributed by atoms with Crippen molar-refractivity contribution in [3.63, 3.8) is 0 Å². The predicted molar refractivity (Wildman–Crippen MR) is 370 cm³/mol. The molecule has 0 saturated heterocycles. The lowest BCUT2D eigenvalue weighted by Crippen LogP contribution is -2.40. The molecule has 0 radical (unpaired) electrons. The maximum atomic E-state index is 13.1. The first kappa shape index (κ1) is 79.8. The molecule has 0 atom stereocenters. The van der Waals surface area contributed by atoms with Crippen LogP contribution >= 0.6 is 73.2 Å². The van der Waals surface area contributed by atoms with E-state index in [0.717, 1.165) is 111 Å². The lowest BCUT2D eigenvalue weighted by atomic mass is 9.88. The molecule has 0 spiro atoms. The van der Waals surface area contributed by atoms with Crippen molar-refractivity contribution in [2.45, 2.75) is 151 Å². The van der Waals surface area contributed by atoms with Crippen LogP contribution in [-0.4, -0.2) is 127 Å². The van der Waals surface area contributed by atoms with E-state index in [2.05, 4.69) is 86.4 Å². The molecule has 16 nitrogen and oxygen atoms in total. The van der Waals surface area contributed by atoms with Crippen LogP contribution < -0.4 is 16.0 Å². The van der Waals surface area contributed by atoms with E-state index in [4.69, 9.17) is 28.4 Å². The molecule has 0 heterocycles. The van der Waals surface area contributed by atoms with Gasteiger partial charge in [-0.2, -0.15) is 37.9 Å². The Morgan fingerprint density at radius 1 is 0.477 bits per heavy atom. The average Bonchev–Trinajstić information content (AvgIpc) is 1.62. The Hall–Kier alpha value is -4.29. The third-order valence-corrected chi connectivity index (χ3v) is 17.3. The van der Waals surface area contributed by atoms with Gasteiger partial charge in [0.15, 0.2) is 0 Å². The van der Waals surface area contributed by atoms with Crippen LogP contribution in [0.1, 0.15) is 154 Å². The van der Waals surface area contributed by atoms with Gasteiger partial charge in [0.25, 0.3) is 15.7 Å². The van der Waals surface area contributed by atoms with Gasteiger partial charge in [0.05, 0.1) is 60.9 Å². The highest BCUT2D eigenvalue weighted by Gasteiger charge is 2.35. The standard InChI is InChI=1S/C52H71N3O9S3.C14H28O4S3/c1-12-37-18-15-21-40(30-37)49(6,7)53-46(59)65-27-24-43(56)62-33-52(14-3,34-63-44(57)25-28-66-47(60)54-50(8,9)41-22-16-19-38(13-2)31-41)35-64-45(58)26-29-67-48(61)55-51(10,11)42-23-17-20-39(32-42)36(4)5;1-14(10-16-5-2-7-19,11-17-6-3-8-20)12-18-13(15)4-9-21/h15-23,30-32H,4,12-14,24-29,33-35H2,1-3,5-11H3,(H,53,59)(H,54,60)(H,55,61);19-21H,2-12H2,1H3. The summed E-state index contributed by atoms with van der Waals surface area (Å²) in [7, 11) is 0. The van der Waals surface area contributed by atoms with Gasteiger partial charge in [-0.1, -0.05) is 142 Å². The zero-order chi connectivity index (χ0) is 65.8. The Morgan fingerprint density at radius 2 is 0.830 bits per heavy atom. The number of nitrogens with one attached hydrogen (secondary N) is 3. The Balaban J connectivity index is 0.00000106. The largest absolute Gasteiger partial charge is 0.465 e. The summed E-state index contributed by atoms with van der Waals surface area (Å²) < 4.78 is 33.6. The molecule has 0 aliphatic heterocycles. The number of aryl methyl sites for hydroxylation is 2. The topological polar surface area (TPSA) is 211 Å². The summed E-state index contributed by atoms with van der Waals surface area (Å²) in [6.07, 6.45) is 3.95. The summed E-state index contributed by atoms with van der Waals surface area (Å²) >= 11 is 15.2. The minimum atomic E-state index is -1.10. The molecular formula is C66H99N3O13S6. The van der Waals surface area contributed by atoms with Gasteiger partial charge in [0, 0.05) is 41.6 Å². The molecule has 0 aliphatic carbocycles. The van der Waals surface area contributed by atoms with E-state index in [1.807, 2.05) is 116 Å². The van der Waals surface area contributed by atoms with Crippen LogP contribution in [0.4, 0.5) is 14.4 Å². The number of esters is 4. The molecular weight excluding hydrogens is 1240 g/mol. The molecule has 0 aliphatic rings. The molecule has 0 bridgehead atoms. The maximum Gasteiger partial charge on any atom is 0.306 e. The number of thiol groups is 3. The molecule has 0 fully saturated rings. The second-order valence-corrected chi connectivity index (χ2v) is 28.0. The molecule has 0 saturated carbocycles. The van der Waals surface area contributed by atoms with Gasteiger partial charge in [-0.15, -0.1) is 0 Å². The van der Waals surface area contributed by atoms with E-state index in [1.165, 1.54) is 0 Å². The minimum absolute atomic E-state index is 0.0707. The van der Waals surface area contributed by atoms with Gasteiger partial charge >= 0.3 is 23.9 Å². The summed E-state index contributed by atoms with van der Waals surface area (Å²) in [5.74, 6) is 0.597. The van der Waals surface area contributed by atoms with Gasteiger partial charge in [-0.05, 0) is 132 Å². The van der Waals surface area contributed by atoms with E-state index < -0.39 is 39.9 Å². The molecule has 3 aromatic rings. The van der Waals surface area contributed by atoms with Gasteiger partial charge in [-0.3, -0.25) is 33.6 Å². The molecule has 0 unspecified atom stereocenters. The molecule has 0 aromatic heterocycles. The Kier molecular flexibility index (Phi) is 38.1. The molecule has 3 aromatic carbocycles. The van der Waals surface area contributed by atoms with Crippen molar-refractivity contribution in [3.8, 4) is 0 Å². The van der Waals surface area contributed by atoms with Crippen molar-refractivity contribution in [1.29, 1.82) is 0 Å². The highest BCUT2D eigenvalue weighted by Crippen LogP contribution is 2.29. The van der Waals surface area contributed by atoms with Gasteiger partial charge < -0.3 is 44.4 Å². The first-order chi connectivity index (χ1) is 41.6. The van der Waals surface area contributed by atoms with Crippen LogP contribution in [0.15, 0.2) is 79.4 Å². The fraction of sp³-hybridized carbons (Fsp3) is 0.591. The average molecular weight is 1330 g/mol. The third-order valence-electron chi connectivity index (χ3n) is 14.1. The van der Waals surface area contributed by atoms with Crippen LogP contribution in [0, 0.1) is 10.8 Å². The third kappa shape index (κ3) is 32.1. The Labute approximate surface area is 554 Å². The fourth-order valence-electron chi connectivity index (χ4n) is 8.17. The number of carbonyl (C=O) groups is 7. The zero-order valence-corrected chi connectivity index (χ0v) is 58.9. The highest BCUT2D eigenvalue weighted by molar-refractivity contribution is 8.14. The molecule has 3 amide bonds. The maximum absolute atomic E-state index is 13.1. The number of amides is 3. The fourth-order valence-corrected chi connectivity index (χ4v) is 11.0. The second-order valence-electron chi connectivity index (χ2n) is 23.4. The summed E-state index contributed by atoms with van der Waals surface area (Å²) in [6.45, 7) is 27.3. The number of benzene rings is 3. The normalized spacial score (nSPS) is 11.8. The van der Waals surface area contributed by atoms with Crippen LogP contribution in [0.2, 0.25) is 0 Å². The molecule has 22 heteroatoms. The summed E-state index contributed by atoms with van der Waals surface area (Å²) in [6, 6.07) is 23.9. The quantitative estimate of drug-likeness (QED) is 0.0136. The van der Waals surface area contributed by atoms with Gasteiger partial charge in [-0.25, -0.2) is 0 Å². The van der Waals surface area contributed by atoms with Crippen LogP contribution in [-0.2, 0) is 77.1 Å². The Bertz CT molecular complexity index is 2560. The number of hydrogen-bond donors (Lipinski definition) is 6. The van der Waals surface area contributed by atoms with Crippen molar-refractivity contribution < 1.29 is 62.0 Å². The summed E-state index contributed by atoms with van der Waals surface area (Å²) in [5, 5.41) is 8.20. The van der Waals surface area contributed by atoms with Crippen molar-refractivity contribution >= 4 is 118 Å². The van der Waals surface area contributed by atoms with E-state index in [-0.39, 0.29) is 83.4 Å². The van der Waals surface area contributed by atoms with Crippen molar-refractivity contribution in [3.05, 3.63) is 113 Å². The number of ether oxygens (including phenoxy) is 6. The van der Waals surface area contributed by atoms with Crippen molar-refractivity contribution in [1.82, 2.24) is 16.0 Å². The van der Waals surface area contributed by atoms with Crippen LogP contribution in [0.3, 0.4) is 0 Å². The lowest BCUT2D eigenvalue weighted by Gasteiger charge is -2.31. The smallest absolute Gasteiger partial charge is 0.306 e. The second kappa shape index (κ2) is 42.0. The van der Waals surface area contributed by atoms with E-state index in [9.17, 15) is 33.6 Å². The SMILES string of the molecule is C=C(C)c1cccc(C(C)(C)NC(=O)SCCC(=O)OCC(CC)(COC(=O)CCSC(=O)NC(C)(C)c2cccc(CC)c2)COC(=O)CCSC(=O)NC(C)(C)c2cccc(CC)c2)c1.CC(COCCCS)(COCCCS)COC(=O)CCS. The summed E-state index contributed by atoms with van der Waals surface area (Å²) in [4.78, 5) is 89.3. The Morgan fingerprint density at radius 3 is 1.17 bits per heavy atom. The van der Waals surface area contributed by atoms with Gasteiger partial charge in [0.1, 0.15) is 26.4 Å². The lowest BCUT2D eigenvalue weighted by molar-refractivity contribution is -0.162. The first-order valence-electron chi connectivity index (χ1n) is 30.0. The molecule has 3 rings (SSSR count). The van der Waals surface area contributed by atoms with E-state index >= 15 is 0 Å². The van der Waals surface area contributed by atoms with Crippen molar-refractivity contribution in [2.75, 3.05) is 87.4 Å². The molecule has 88 heavy (non-hydrogen) atoms. The monoisotopic (exact) mass is 1330 g/mol. The minimum Gasteiger partial charge on any atom is -0.465 e. The number of rotatable bonds is 39. The zero-order valence-electron chi connectivity index (χ0n) is 53.8. The van der Waals surface area contributed by atoms with Gasteiger partial charge in [0.2, 0.25) is 0 Å². The molecule has 3 N–H and O–H groups in total. The number of carbonyl (C=O) groups excluding carboxylic acids is 7. The number of thioether (sulfide) groups is 3. The molecule has 492 valence electrons. The van der Waals surface area contributed by atoms with E-state index in [0.29, 0.717) is 51.6 Å². The highest BCUT2D eigenvalue weighted by atomic mass is 32.2. The number of allylic oxidation sites excluding steroid dienone is 1. The summed E-state index contributed by atoms with van der Waals surface area (Å²) in [5.41, 5.74) is 3.69. The number of hydrogen-bond acceptors (Lipinski definition) is 19. The van der Waals surface area contributed by atoms with Crippen molar-refractivity contribution in [2.24, 2.45) is 10.8 Å². The first-order valence-corrected chi connectivity index (χ1v) is 34.9. The van der Waals surface area contributed by atoms with Crippen LogP contribution in [0.5, 0.6) is 0 Å². The predicted octanol–water partition coefficient (Wildman–Crippen LogP) is 14.0.